The van der Waals surface area contributed by atoms with E-state index in [4.69, 9.17) is 0 Å². The Balaban J connectivity index is 1.94. The van der Waals surface area contributed by atoms with Crippen LogP contribution >= 0.6 is 0 Å². The normalized spacial score (nSPS) is 14.4. The molecule has 1 aliphatic heterocycles. The van der Waals surface area contributed by atoms with Crippen molar-refractivity contribution in [3.05, 3.63) is 51.9 Å². The first-order valence-corrected chi connectivity index (χ1v) is 9.15. The van der Waals surface area contributed by atoms with E-state index >= 15 is 0 Å². The maximum absolute atomic E-state index is 13.1. The fourth-order valence-electron chi connectivity index (χ4n) is 3.17. The fraction of sp³-hybridized carbons (Fsp3) is 0.421. The highest BCUT2D eigenvalue weighted by Gasteiger charge is 2.32. The van der Waals surface area contributed by atoms with E-state index in [1.165, 1.54) is 22.9 Å². The maximum atomic E-state index is 13.1. The van der Waals surface area contributed by atoms with E-state index < -0.39 is 17.6 Å². The van der Waals surface area contributed by atoms with Gasteiger partial charge >= 0.3 is 6.18 Å². The number of rotatable bonds is 5. The number of hydrogen-bond donors (Lipinski definition) is 1. The van der Waals surface area contributed by atoms with Crippen molar-refractivity contribution in [2.45, 2.75) is 38.9 Å². The van der Waals surface area contributed by atoms with Gasteiger partial charge in [0.1, 0.15) is 5.69 Å². The van der Waals surface area contributed by atoms with E-state index in [1.54, 1.807) is 0 Å². The molecule has 1 aliphatic rings. The van der Waals surface area contributed by atoms with E-state index in [-0.39, 0.29) is 16.9 Å². The van der Waals surface area contributed by atoms with Gasteiger partial charge in [-0.05, 0) is 43.5 Å². The van der Waals surface area contributed by atoms with Crippen molar-refractivity contribution in [3.8, 4) is 0 Å². The number of aromatic nitrogens is 2. The molecule has 6 nitrogen and oxygen atoms in total. The molecule has 1 aromatic carbocycles. The lowest BCUT2D eigenvalue weighted by atomic mass is 10.1. The highest BCUT2D eigenvalue weighted by molar-refractivity contribution is 6.04. The minimum atomic E-state index is -4.52. The number of halogens is 3. The predicted octanol–water partition coefficient (Wildman–Crippen LogP) is 3.52. The Bertz CT molecular complexity index is 918. The van der Waals surface area contributed by atoms with Crippen LogP contribution < -0.4 is 15.8 Å². The summed E-state index contributed by atoms with van der Waals surface area (Å²) in [5.74, 6) is -0.662. The molecule has 0 bridgehead atoms. The van der Waals surface area contributed by atoms with E-state index in [0.29, 0.717) is 31.7 Å². The highest BCUT2D eigenvalue weighted by Crippen LogP contribution is 2.36. The highest BCUT2D eigenvalue weighted by atomic mass is 19.4. The molecule has 9 heteroatoms. The van der Waals surface area contributed by atoms with Crippen molar-refractivity contribution < 1.29 is 18.0 Å². The Labute approximate surface area is 160 Å². The molecule has 0 spiro atoms. The predicted molar refractivity (Wildman–Crippen MR) is 99.6 cm³/mol. The van der Waals surface area contributed by atoms with Crippen molar-refractivity contribution in [2.24, 2.45) is 0 Å². The Morgan fingerprint density at radius 1 is 1.18 bits per heavy atom. The third kappa shape index (κ3) is 4.35. The summed E-state index contributed by atoms with van der Waals surface area (Å²) in [6, 6.07) is 5.84. The Kier molecular flexibility index (Phi) is 5.71. The molecular weight excluding hydrogens is 373 g/mol. The van der Waals surface area contributed by atoms with Gasteiger partial charge in [-0.15, -0.1) is 0 Å². The van der Waals surface area contributed by atoms with E-state index in [0.717, 1.165) is 25.0 Å². The minimum absolute atomic E-state index is 0.0298. The number of alkyl halides is 3. The Hall–Kier alpha value is -2.84. The lowest BCUT2D eigenvalue weighted by Gasteiger charge is -2.23. The van der Waals surface area contributed by atoms with Crippen LogP contribution in [-0.2, 0) is 12.7 Å². The summed E-state index contributed by atoms with van der Waals surface area (Å²) in [6.45, 7) is 3.65. The molecule has 0 unspecified atom stereocenters. The molecule has 2 heterocycles. The van der Waals surface area contributed by atoms with Crippen LogP contribution in [-0.4, -0.2) is 28.8 Å². The molecule has 1 N–H and O–H groups in total. The number of carbonyl (C=O) groups excluding carboxylic acids is 1. The van der Waals surface area contributed by atoms with Crippen LogP contribution in [0.1, 0.15) is 42.2 Å². The van der Waals surface area contributed by atoms with Gasteiger partial charge in [-0.2, -0.15) is 18.3 Å². The standard InChI is InChI=1S/C19H21F3N4O2/c1-2-9-26-17(27)8-6-14(24-26)18(28)23-15-12-13(19(20,21)22)5-7-16(15)25-10-3-4-11-25/h5-8,12H,2-4,9-11H2,1H3,(H,23,28). The number of aryl methyl sites for hydroxylation is 1. The van der Waals surface area contributed by atoms with Crippen LogP contribution in [0.25, 0.3) is 0 Å². The summed E-state index contributed by atoms with van der Waals surface area (Å²) in [5, 5.41) is 6.56. The third-order valence-corrected chi connectivity index (χ3v) is 4.55. The van der Waals surface area contributed by atoms with Crippen LogP contribution in [0.15, 0.2) is 35.1 Å². The summed E-state index contributed by atoms with van der Waals surface area (Å²) in [6.07, 6.45) is -1.98. The van der Waals surface area contributed by atoms with Gasteiger partial charge in [-0.1, -0.05) is 6.92 Å². The molecule has 1 aromatic heterocycles. The Morgan fingerprint density at radius 2 is 1.89 bits per heavy atom. The zero-order valence-corrected chi connectivity index (χ0v) is 15.4. The van der Waals surface area contributed by atoms with Crippen molar-refractivity contribution in [1.29, 1.82) is 0 Å². The molecule has 28 heavy (non-hydrogen) atoms. The first kappa shape index (κ1) is 19.9. The van der Waals surface area contributed by atoms with E-state index in [1.807, 2.05) is 11.8 Å². The number of benzene rings is 1. The molecule has 3 rings (SSSR count). The smallest absolute Gasteiger partial charge is 0.370 e. The molecule has 0 saturated carbocycles. The average Bonchev–Trinajstić information content (AvgIpc) is 3.17. The molecule has 1 fully saturated rings. The average molecular weight is 394 g/mol. The largest absolute Gasteiger partial charge is 0.416 e. The number of amides is 1. The molecule has 0 radical (unpaired) electrons. The van der Waals surface area contributed by atoms with Gasteiger partial charge in [0.2, 0.25) is 0 Å². The summed E-state index contributed by atoms with van der Waals surface area (Å²) in [5.41, 5.74) is -0.583. The number of anilines is 2. The van der Waals surface area contributed by atoms with Crippen LogP contribution in [0, 0.1) is 0 Å². The van der Waals surface area contributed by atoms with Crippen LogP contribution in [0.5, 0.6) is 0 Å². The first-order valence-electron chi connectivity index (χ1n) is 9.15. The second-order valence-electron chi connectivity index (χ2n) is 6.66. The van der Waals surface area contributed by atoms with Gasteiger partial charge in [0.15, 0.2) is 0 Å². The molecule has 1 amide bonds. The minimum Gasteiger partial charge on any atom is -0.370 e. The molecule has 0 atom stereocenters. The topological polar surface area (TPSA) is 67.2 Å². The summed E-state index contributed by atoms with van der Waals surface area (Å²) < 4.78 is 40.6. The second kappa shape index (κ2) is 8.04. The van der Waals surface area contributed by atoms with Crippen molar-refractivity contribution in [3.63, 3.8) is 0 Å². The lowest BCUT2D eigenvalue weighted by Crippen LogP contribution is -2.27. The number of hydrogen-bond acceptors (Lipinski definition) is 4. The monoisotopic (exact) mass is 394 g/mol. The van der Waals surface area contributed by atoms with Gasteiger partial charge < -0.3 is 10.2 Å². The fourth-order valence-corrected chi connectivity index (χ4v) is 3.17. The van der Waals surface area contributed by atoms with Gasteiger partial charge in [0, 0.05) is 25.7 Å². The van der Waals surface area contributed by atoms with Gasteiger partial charge in [0.25, 0.3) is 11.5 Å². The Morgan fingerprint density at radius 3 is 2.54 bits per heavy atom. The van der Waals surface area contributed by atoms with Gasteiger partial charge in [-0.25, -0.2) is 4.68 Å². The second-order valence-corrected chi connectivity index (χ2v) is 6.66. The summed E-state index contributed by atoms with van der Waals surface area (Å²) in [4.78, 5) is 26.3. The van der Waals surface area contributed by atoms with Gasteiger partial charge in [0.05, 0.1) is 16.9 Å². The van der Waals surface area contributed by atoms with E-state index in [9.17, 15) is 22.8 Å². The van der Waals surface area contributed by atoms with Gasteiger partial charge in [-0.3, -0.25) is 9.59 Å². The van der Waals surface area contributed by atoms with Crippen molar-refractivity contribution in [1.82, 2.24) is 9.78 Å². The summed E-state index contributed by atoms with van der Waals surface area (Å²) in [7, 11) is 0. The van der Waals surface area contributed by atoms with Crippen molar-refractivity contribution >= 4 is 17.3 Å². The first-order chi connectivity index (χ1) is 13.3. The molecule has 1 saturated heterocycles. The van der Waals surface area contributed by atoms with E-state index in [2.05, 4.69) is 10.4 Å². The summed E-state index contributed by atoms with van der Waals surface area (Å²) >= 11 is 0. The number of carbonyl (C=O) groups is 1. The molecular formula is C19H21F3N4O2. The third-order valence-electron chi connectivity index (χ3n) is 4.55. The quantitative estimate of drug-likeness (QED) is 0.843. The number of nitrogens with zero attached hydrogens (tertiary/aromatic N) is 3. The SMILES string of the molecule is CCCn1nc(C(=O)Nc2cc(C(F)(F)F)ccc2N2CCCC2)ccc1=O. The van der Waals surface area contributed by atoms with Crippen LogP contribution in [0.4, 0.5) is 24.5 Å². The molecule has 2 aromatic rings. The van der Waals surface area contributed by atoms with Crippen molar-refractivity contribution in [2.75, 3.05) is 23.3 Å². The maximum Gasteiger partial charge on any atom is 0.416 e. The van der Waals surface area contributed by atoms with Crippen LogP contribution in [0.2, 0.25) is 0 Å². The number of nitrogens with one attached hydrogen (secondary N) is 1. The zero-order valence-electron chi connectivity index (χ0n) is 15.4. The molecule has 0 aliphatic carbocycles. The lowest BCUT2D eigenvalue weighted by molar-refractivity contribution is -0.137. The molecule has 150 valence electrons. The zero-order chi connectivity index (χ0) is 20.3. The van der Waals surface area contributed by atoms with Crippen LogP contribution in [0.3, 0.4) is 0 Å².